The van der Waals surface area contributed by atoms with Crippen molar-refractivity contribution in [2.24, 2.45) is 17.8 Å². The molecule has 2 aromatic heterocycles. The first-order valence-electron chi connectivity index (χ1n) is 11.2. The molecular formula is C23H32N4O3. The van der Waals surface area contributed by atoms with Crippen LogP contribution in [0.25, 0.3) is 6.08 Å². The average molecular weight is 413 g/mol. The highest BCUT2D eigenvalue weighted by atomic mass is 16.5. The van der Waals surface area contributed by atoms with E-state index in [9.17, 15) is 0 Å². The molecule has 2 aromatic rings. The van der Waals surface area contributed by atoms with Crippen molar-refractivity contribution in [3.05, 3.63) is 42.1 Å². The number of aromatic nitrogens is 3. The topological polar surface area (TPSA) is 65.5 Å². The van der Waals surface area contributed by atoms with Crippen molar-refractivity contribution >= 4 is 6.08 Å². The lowest BCUT2D eigenvalue weighted by atomic mass is 9.77. The minimum atomic E-state index is 0.225. The first-order chi connectivity index (χ1) is 14.8. The summed E-state index contributed by atoms with van der Waals surface area (Å²) in [5.41, 5.74) is 0.886. The normalized spacial score (nSPS) is 29.6. The van der Waals surface area contributed by atoms with Crippen LogP contribution in [-0.4, -0.2) is 59.3 Å². The Morgan fingerprint density at radius 1 is 1.23 bits per heavy atom. The van der Waals surface area contributed by atoms with Crippen molar-refractivity contribution in [2.75, 3.05) is 33.4 Å². The van der Waals surface area contributed by atoms with Crippen LogP contribution in [0, 0.1) is 17.8 Å². The van der Waals surface area contributed by atoms with Crippen molar-refractivity contribution in [3.8, 4) is 0 Å². The van der Waals surface area contributed by atoms with Crippen LogP contribution in [-0.2, 0) is 16.1 Å². The molecule has 3 heterocycles. The first kappa shape index (κ1) is 20.0. The maximum atomic E-state index is 6.45. The van der Waals surface area contributed by atoms with Crippen LogP contribution in [0.15, 0.2) is 35.1 Å². The minimum absolute atomic E-state index is 0.225. The summed E-state index contributed by atoms with van der Waals surface area (Å²) < 4.78 is 19.1. The van der Waals surface area contributed by atoms with E-state index in [1.165, 1.54) is 12.8 Å². The van der Waals surface area contributed by atoms with Crippen molar-refractivity contribution in [1.82, 2.24) is 19.9 Å². The van der Waals surface area contributed by atoms with E-state index in [2.05, 4.69) is 27.4 Å². The maximum Gasteiger partial charge on any atom is 0.126 e. The third kappa shape index (κ3) is 4.68. The highest BCUT2D eigenvalue weighted by molar-refractivity contribution is 5.42. The van der Waals surface area contributed by atoms with Gasteiger partial charge in [-0.25, -0.2) is 4.68 Å². The smallest absolute Gasteiger partial charge is 0.126 e. The molecule has 0 N–H and O–H groups in total. The van der Waals surface area contributed by atoms with E-state index in [4.69, 9.17) is 13.9 Å². The molecule has 0 unspecified atom stereocenters. The molecule has 1 aliphatic heterocycles. The first-order valence-corrected chi connectivity index (χ1v) is 11.2. The molecule has 0 spiro atoms. The average Bonchev–Trinajstić information content (AvgIpc) is 3.11. The second kappa shape index (κ2) is 9.04. The summed E-state index contributed by atoms with van der Waals surface area (Å²) in [6.07, 6.45) is 13.1. The molecule has 3 aliphatic rings. The van der Waals surface area contributed by atoms with E-state index in [1.54, 1.807) is 13.4 Å². The minimum Gasteiger partial charge on any atom is -0.465 e. The molecule has 7 heteroatoms. The van der Waals surface area contributed by atoms with E-state index in [-0.39, 0.29) is 12.1 Å². The van der Waals surface area contributed by atoms with Gasteiger partial charge in [0.25, 0.3) is 0 Å². The summed E-state index contributed by atoms with van der Waals surface area (Å²) in [6.45, 7) is 4.65. The molecule has 5 rings (SSSR count). The molecular weight excluding hydrogens is 380 g/mol. The third-order valence-electron chi connectivity index (χ3n) is 6.78. The lowest BCUT2D eigenvalue weighted by Crippen LogP contribution is -2.38. The zero-order valence-electron chi connectivity index (χ0n) is 17.7. The molecule has 2 saturated carbocycles. The van der Waals surface area contributed by atoms with Gasteiger partial charge in [0.2, 0.25) is 0 Å². The van der Waals surface area contributed by atoms with Crippen LogP contribution < -0.4 is 0 Å². The number of ether oxygens (including phenoxy) is 2. The molecule has 4 atom stereocenters. The van der Waals surface area contributed by atoms with Crippen LogP contribution in [0.1, 0.15) is 43.2 Å². The summed E-state index contributed by atoms with van der Waals surface area (Å²) >= 11 is 0. The van der Waals surface area contributed by atoms with Crippen LogP contribution in [0.3, 0.4) is 0 Å². The van der Waals surface area contributed by atoms with E-state index in [1.807, 2.05) is 23.0 Å². The van der Waals surface area contributed by atoms with Gasteiger partial charge in [-0.05, 0) is 61.6 Å². The predicted molar refractivity (Wildman–Crippen MR) is 113 cm³/mol. The summed E-state index contributed by atoms with van der Waals surface area (Å²) in [4.78, 5) is 2.56. The number of furan rings is 1. The van der Waals surface area contributed by atoms with Gasteiger partial charge in [-0.1, -0.05) is 11.3 Å². The van der Waals surface area contributed by atoms with Crippen LogP contribution in [0.2, 0.25) is 0 Å². The summed E-state index contributed by atoms with van der Waals surface area (Å²) in [7, 11) is 1.69. The molecule has 7 nitrogen and oxygen atoms in total. The van der Waals surface area contributed by atoms with Gasteiger partial charge in [0.1, 0.15) is 11.5 Å². The molecule has 0 bridgehead atoms. The Hall–Kier alpha value is -1.96. The van der Waals surface area contributed by atoms with E-state index in [0.29, 0.717) is 18.4 Å². The van der Waals surface area contributed by atoms with E-state index >= 15 is 0 Å². The molecule has 1 saturated heterocycles. The number of fused-ring (bicyclic) bond motifs is 1. The SMILES string of the molecule is COCc1cn([C@@H]2C[C@@H]3CN(C/C=C/c4ccco4)C[C@@H]3C[C@H]2OCC2CC2)nn1. The molecule has 0 aromatic carbocycles. The fourth-order valence-electron chi connectivity index (χ4n) is 5.03. The fourth-order valence-corrected chi connectivity index (χ4v) is 5.03. The van der Waals surface area contributed by atoms with Crippen LogP contribution >= 0.6 is 0 Å². The van der Waals surface area contributed by atoms with Gasteiger partial charge >= 0.3 is 0 Å². The molecule has 0 amide bonds. The summed E-state index contributed by atoms with van der Waals surface area (Å²) in [5, 5.41) is 8.73. The van der Waals surface area contributed by atoms with Crippen molar-refractivity contribution < 1.29 is 13.9 Å². The molecule has 3 fully saturated rings. The zero-order chi connectivity index (χ0) is 20.3. The lowest BCUT2D eigenvalue weighted by Gasteiger charge is -2.37. The summed E-state index contributed by atoms with van der Waals surface area (Å²) in [6, 6.07) is 4.18. The van der Waals surface area contributed by atoms with Crippen molar-refractivity contribution in [2.45, 2.75) is 44.4 Å². The Balaban J connectivity index is 1.24. The molecule has 30 heavy (non-hydrogen) atoms. The second-order valence-electron chi connectivity index (χ2n) is 9.13. The van der Waals surface area contributed by atoms with Gasteiger partial charge in [0.15, 0.2) is 0 Å². The van der Waals surface area contributed by atoms with Gasteiger partial charge in [-0.15, -0.1) is 5.10 Å². The summed E-state index contributed by atoms with van der Waals surface area (Å²) in [5.74, 6) is 3.07. The molecule has 162 valence electrons. The van der Waals surface area contributed by atoms with Gasteiger partial charge in [-0.3, -0.25) is 4.90 Å². The van der Waals surface area contributed by atoms with Gasteiger partial charge in [-0.2, -0.15) is 0 Å². The Bertz CT molecular complexity index is 829. The number of likely N-dealkylation sites (tertiary alicyclic amines) is 1. The largest absolute Gasteiger partial charge is 0.465 e. The highest BCUT2D eigenvalue weighted by Gasteiger charge is 2.44. The quantitative estimate of drug-likeness (QED) is 0.629. The predicted octanol–water partition coefficient (Wildman–Crippen LogP) is 3.41. The number of nitrogens with zero attached hydrogens (tertiary/aromatic N) is 4. The van der Waals surface area contributed by atoms with Crippen molar-refractivity contribution in [1.29, 1.82) is 0 Å². The van der Waals surface area contributed by atoms with Gasteiger partial charge in [0.05, 0.1) is 31.2 Å². The van der Waals surface area contributed by atoms with Gasteiger partial charge < -0.3 is 13.9 Å². The van der Waals surface area contributed by atoms with E-state index in [0.717, 1.165) is 56.5 Å². The number of hydrogen-bond donors (Lipinski definition) is 0. The number of methoxy groups -OCH3 is 1. The molecule has 0 radical (unpaired) electrons. The van der Waals surface area contributed by atoms with Crippen LogP contribution in [0.5, 0.6) is 0 Å². The zero-order valence-corrected chi connectivity index (χ0v) is 17.7. The Morgan fingerprint density at radius 2 is 2.10 bits per heavy atom. The second-order valence-corrected chi connectivity index (χ2v) is 9.13. The van der Waals surface area contributed by atoms with Crippen LogP contribution in [0.4, 0.5) is 0 Å². The number of rotatable bonds is 9. The maximum absolute atomic E-state index is 6.45. The van der Waals surface area contributed by atoms with E-state index < -0.39 is 0 Å². The van der Waals surface area contributed by atoms with Gasteiger partial charge in [0, 0.05) is 33.4 Å². The fraction of sp³-hybridized carbons (Fsp3) is 0.652. The molecule has 2 aliphatic carbocycles. The highest BCUT2D eigenvalue weighted by Crippen LogP contribution is 2.43. The lowest BCUT2D eigenvalue weighted by molar-refractivity contribution is -0.0375. The Kier molecular flexibility index (Phi) is 6.02. The standard InChI is InChI=1S/C23H32N4O3/c1-28-16-20-14-27(25-24-20)22-10-18-12-26(8-2-4-21-5-3-9-29-21)13-19(18)11-23(22)30-15-17-6-7-17/h2-5,9,14,17-19,22-23H,6-8,10-13,15-16H2,1H3/b4-2+/t18-,19+,22-,23-/m1/s1. The van der Waals surface area contributed by atoms with Crippen molar-refractivity contribution in [3.63, 3.8) is 0 Å². The monoisotopic (exact) mass is 412 g/mol. The third-order valence-corrected chi connectivity index (χ3v) is 6.78. The Labute approximate surface area is 178 Å². The number of hydrogen-bond acceptors (Lipinski definition) is 6. The Morgan fingerprint density at radius 3 is 2.87 bits per heavy atom.